The van der Waals surface area contributed by atoms with Crippen molar-refractivity contribution < 1.29 is 19.1 Å². The van der Waals surface area contributed by atoms with E-state index in [1.807, 2.05) is 29.6 Å². The Morgan fingerprint density at radius 1 is 1.26 bits per heavy atom. The van der Waals surface area contributed by atoms with Crippen LogP contribution in [0.5, 0.6) is 0 Å². The number of carbonyl (C=O) groups is 3. The SMILES string of the molecule is CC(C)C(OC(=O)Cc1c[nH]c2ccccc12)C(=O)NC(N)=O. The standard InChI is InChI=1S/C16H19N3O4/c1-9(2)14(15(21)19-16(17)22)23-13(20)7-10-8-18-12-6-4-3-5-11(10)12/h3-6,8-9,14,18H,7H2,1-2H3,(H3,17,19,21,22). The summed E-state index contributed by atoms with van der Waals surface area (Å²) in [5.74, 6) is -1.56. The van der Waals surface area contributed by atoms with Gasteiger partial charge >= 0.3 is 12.0 Å². The van der Waals surface area contributed by atoms with Gasteiger partial charge < -0.3 is 15.5 Å². The molecule has 0 aliphatic heterocycles. The summed E-state index contributed by atoms with van der Waals surface area (Å²) in [6.07, 6.45) is 0.692. The molecule has 1 aromatic heterocycles. The number of nitrogens with one attached hydrogen (secondary N) is 2. The Bertz CT molecular complexity index is 736. The van der Waals surface area contributed by atoms with E-state index in [0.29, 0.717) is 0 Å². The number of ether oxygens (including phenoxy) is 1. The third-order valence-corrected chi connectivity index (χ3v) is 3.38. The molecule has 1 atom stereocenters. The first-order valence-electron chi connectivity index (χ1n) is 7.23. The number of imide groups is 1. The maximum Gasteiger partial charge on any atom is 0.318 e. The fourth-order valence-corrected chi connectivity index (χ4v) is 2.30. The number of esters is 1. The van der Waals surface area contributed by atoms with Crippen LogP contribution in [-0.4, -0.2) is 29.0 Å². The van der Waals surface area contributed by atoms with Crippen molar-refractivity contribution in [1.29, 1.82) is 0 Å². The topological polar surface area (TPSA) is 114 Å². The normalized spacial score (nSPS) is 12.1. The Balaban J connectivity index is 2.07. The summed E-state index contributed by atoms with van der Waals surface area (Å²) in [4.78, 5) is 37.8. The van der Waals surface area contributed by atoms with E-state index in [9.17, 15) is 14.4 Å². The number of hydrogen-bond acceptors (Lipinski definition) is 4. The number of para-hydroxylation sites is 1. The van der Waals surface area contributed by atoms with E-state index < -0.39 is 24.0 Å². The maximum absolute atomic E-state index is 12.1. The molecule has 3 amide bonds. The molecule has 2 rings (SSSR count). The van der Waals surface area contributed by atoms with Crippen LogP contribution >= 0.6 is 0 Å². The first kappa shape index (κ1) is 16.5. The van der Waals surface area contributed by atoms with Gasteiger partial charge in [0.2, 0.25) is 0 Å². The molecule has 1 unspecified atom stereocenters. The number of urea groups is 1. The zero-order chi connectivity index (χ0) is 17.0. The number of primary amides is 1. The molecule has 0 aliphatic rings. The number of rotatable bonds is 5. The van der Waals surface area contributed by atoms with Gasteiger partial charge in [0.1, 0.15) is 0 Å². The molecule has 0 saturated heterocycles. The molecule has 1 heterocycles. The molecule has 0 aliphatic carbocycles. The molecule has 4 N–H and O–H groups in total. The highest BCUT2D eigenvalue weighted by Crippen LogP contribution is 2.19. The van der Waals surface area contributed by atoms with Crippen LogP contribution in [0.15, 0.2) is 30.5 Å². The second-order valence-corrected chi connectivity index (χ2v) is 5.54. The number of nitrogens with two attached hydrogens (primary N) is 1. The predicted molar refractivity (Wildman–Crippen MR) is 84.4 cm³/mol. The molecule has 0 spiro atoms. The number of aromatic amines is 1. The van der Waals surface area contributed by atoms with Crippen molar-refractivity contribution in [1.82, 2.24) is 10.3 Å². The summed E-state index contributed by atoms with van der Waals surface area (Å²) in [6, 6.07) is 6.59. The fraction of sp³-hybridized carbons (Fsp3) is 0.312. The van der Waals surface area contributed by atoms with Gasteiger partial charge in [-0.25, -0.2) is 4.79 Å². The zero-order valence-corrected chi connectivity index (χ0v) is 13.0. The summed E-state index contributed by atoms with van der Waals surface area (Å²) in [7, 11) is 0. The van der Waals surface area contributed by atoms with Crippen molar-refractivity contribution in [3.63, 3.8) is 0 Å². The summed E-state index contributed by atoms with van der Waals surface area (Å²) < 4.78 is 5.22. The smallest absolute Gasteiger partial charge is 0.318 e. The van der Waals surface area contributed by atoms with Gasteiger partial charge in [-0.15, -0.1) is 0 Å². The van der Waals surface area contributed by atoms with Crippen molar-refractivity contribution in [2.24, 2.45) is 11.7 Å². The van der Waals surface area contributed by atoms with Crippen molar-refractivity contribution in [2.75, 3.05) is 0 Å². The van der Waals surface area contributed by atoms with Crippen molar-refractivity contribution in [3.8, 4) is 0 Å². The molecule has 122 valence electrons. The maximum atomic E-state index is 12.1. The van der Waals surface area contributed by atoms with Gasteiger partial charge in [0.05, 0.1) is 6.42 Å². The highest BCUT2D eigenvalue weighted by molar-refractivity contribution is 5.97. The number of benzene rings is 1. The molecule has 7 heteroatoms. The highest BCUT2D eigenvalue weighted by Gasteiger charge is 2.27. The molecule has 2 aromatic rings. The van der Waals surface area contributed by atoms with E-state index in [4.69, 9.17) is 10.5 Å². The first-order chi connectivity index (χ1) is 10.9. The molecule has 1 aromatic carbocycles. The Labute approximate surface area is 133 Å². The van der Waals surface area contributed by atoms with E-state index in [2.05, 4.69) is 4.98 Å². The molecular formula is C16H19N3O4. The number of H-pyrrole nitrogens is 1. The number of fused-ring (bicyclic) bond motifs is 1. The summed E-state index contributed by atoms with van der Waals surface area (Å²) in [6.45, 7) is 3.43. The lowest BCUT2D eigenvalue weighted by molar-refractivity contribution is -0.157. The molecule has 0 bridgehead atoms. The second kappa shape index (κ2) is 6.95. The second-order valence-electron chi connectivity index (χ2n) is 5.54. The van der Waals surface area contributed by atoms with Crippen LogP contribution in [0.2, 0.25) is 0 Å². The van der Waals surface area contributed by atoms with E-state index >= 15 is 0 Å². The lowest BCUT2D eigenvalue weighted by Crippen LogP contribution is -2.45. The number of amides is 3. The van der Waals surface area contributed by atoms with E-state index in [1.165, 1.54) is 0 Å². The van der Waals surface area contributed by atoms with Crippen LogP contribution in [0.3, 0.4) is 0 Å². The Morgan fingerprint density at radius 3 is 2.61 bits per heavy atom. The molecule has 0 radical (unpaired) electrons. The summed E-state index contributed by atoms with van der Waals surface area (Å²) >= 11 is 0. The van der Waals surface area contributed by atoms with Gasteiger partial charge in [-0.2, -0.15) is 0 Å². The highest BCUT2D eigenvalue weighted by atomic mass is 16.5. The van der Waals surface area contributed by atoms with Gasteiger partial charge in [-0.05, 0) is 17.5 Å². The van der Waals surface area contributed by atoms with Crippen molar-refractivity contribution in [2.45, 2.75) is 26.4 Å². The van der Waals surface area contributed by atoms with Crippen LogP contribution in [-0.2, 0) is 20.7 Å². The van der Waals surface area contributed by atoms with Gasteiger partial charge in [-0.3, -0.25) is 14.9 Å². The van der Waals surface area contributed by atoms with Crippen LogP contribution in [0.4, 0.5) is 4.79 Å². The Morgan fingerprint density at radius 2 is 1.96 bits per heavy atom. The molecule has 7 nitrogen and oxygen atoms in total. The Hall–Kier alpha value is -2.83. The minimum absolute atomic E-state index is 0.0249. The third kappa shape index (κ3) is 4.09. The van der Waals surface area contributed by atoms with E-state index in [0.717, 1.165) is 16.5 Å². The van der Waals surface area contributed by atoms with Crippen LogP contribution in [0.1, 0.15) is 19.4 Å². The minimum Gasteiger partial charge on any atom is -0.452 e. The largest absolute Gasteiger partial charge is 0.452 e. The third-order valence-electron chi connectivity index (χ3n) is 3.38. The Kier molecular flexibility index (Phi) is 5.00. The van der Waals surface area contributed by atoms with Gasteiger partial charge in [0.15, 0.2) is 6.10 Å². The molecule has 0 fully saturated rings. The monoisotopic (exact) mass is 317 g/mol. The average molecular weight is 317 g/mol. The van der Waals surface area contributed by atoms with Gasteiger partial charge in [-0.1, -0.05) is 32.0 Å². The molecule has 23 heavy (non-hydrogen) atoms. The fourth-order valence-electron chi connectivity index (χ4n) is 2.30. The summed E-state index contributed by atoms with van der Waals surface area (Å²) in [5.41, 5.74) is 6.62. The molecular weight excluding hydrogens is 298 g/mol. The zero-order valence-electron chi connectivity index (χ0n) is 13.0. The van der Waals surface area contributed by atoms with E-state index in [1.54, 1.807) is 20.0 Å². The number of aromatic nitrogens is 1. The van der Waals surface area contributed by atoms with Crippen LogP contribution in [0.25, 0.3) is 10.9 Å². The number of carbonyl (C=O) groups excluding carboxylic acids is 3. The minimum atomic E-state index is -1.07. The van der Waals surface area contributed by atoms with Crippen molar-refractivity contribution >= 4 is 28.8 Å². The van der Waals surface area contributed by atoms with Crippen molar-refractivity contribution in [3.05, 3.63) is 36.0 Å². The number of hydrogen-bond donors (Lipinski definition) is 3. The van der Waals surface area contributed by atoms with Gasteiger partial charge in [0.25, 0.3) is 5.91 Å². The summed E-state index contributed by atoms with van der Waals surface area (Å²) in [5, 5.41) is 2.86. The first-order valence-corrected chi connectivity index (χ1v) is 7.23. The quantitative estimate of drug-likeness (QED) is 0.724. The lowest BCUT2D eigenvalue weighted by atomic mass is 10.1. The van der Waals surface area contributed by atoms with Crippen LogP contribution in [0, 0.1) is 5.92 Å². The molecule has 0 saturated carbocycles. The van der Waals surface area contributed by atoms with Gasteiger partial charge in [0, 0.05) is 17.1 Å². The lowest BCUT2D eigenvalue weighted by Gasteiger charge is -2.19. The predicted octanol–water partition coefficient (Wildman–Crippen LogP) is 1.47. The van der Waals surface area contributed by atoms with E-state index in [-0.39, 0.29) is 12.3 Å². The average Bonchev–Trinajstić information content (AvgIpc) is 2.87. The van der Waals surface area contributed by atoms with Crippen LogP contribution < -0.4 is 11.1 Å².